The Morgan fingerprint density at radius 2 is 2.04 bits per heavy atom. The van der Waals surface area contributed by atoms with E-state index in [1.807, 2.05) is 6.92 Å². The number of carboxylic acid groups (broad SMARTS) is 1. The molecule has 0 spiro atoms. The molecule has 130 valence electrons. The normalized spacial score (nSPS) is 14.5. The first-order chi connectivity index (χ1) is 11.5. The first-order valence-electron chi connectivity index (χ1n) is 8.21. The van der Waals surface area contributed by atoms with Gasteiger partial charge in [0.2, 0.25) is 0 Å². The van der Waals surface area contributed by atoms with Gasteiger partial charge < -0.3 is 21.1 Å². The minimum atomic E-state index is -1.05. The highest BCUT2D eigenvalue weighted by Gasteiger charge is 2.23. The fraction of sp³-hybridized carbons (Fsp3) is 0.471. The number of aliphatic carboxylic acids is 1. The molecular weight excluding hydrogens is 310 g/mol. The summed E-state index contributed by atoms with van der Waals surface area (Å²) in [4.78, 5) is 35.2. The predicted molar refractivity (Wildman–Crippen MR) is 90.0 cm³/mol. The Morgan fingerprint density at radius 1 is 1.29 bits per heavy atom. The summed E-state index contributed by atoms with van der Waals surface area (Å²) in [6, 6.07) is 5.46. The third kappa shape index (κ3) is 5.57. The van der Waals surface area contributed by atoms with Gasteiger partial charge in [0.05, 0.1) is 0 Å². The molecule has 24 heavy (non-hydrogen) atoms. The van der Waals surface area contributed by atoms with E-state index in [0.717, 1.165) is 25.7 Å². The van der Waals surface area contributed by atoms with E-state index in [1.165, 1.54) is 6.07 Å². The van der Waals surface area contributed by atoms with Crippen LogP contribution >= 0.6 is 0 Å². The lowest BCUT2D eigenvalue weighted by Gasteiger charge is -2.14. The van der Waals surface area contributed by atoms with Crippen molar-refractivity contribution in [2.24, 2.45) is 0 Å². The van der Waals surface area contributed by atoms with Crippen LogP contribution in [0.2, 0.25) is 0 Å². The Labute approximate surface area is 140 Å². The topological polar surface area (TPSA) is 108 Å². The second-order valence-electron chi connectivity index (χ2n) is 5.96. The van der Waals surface area contributed by atoms with Gasteiger partial charge in [0.25, 0.3) is 5.91 Å². The van der Waals surface area contributed by atoms with E-state index >= 15 is 0 Å². The molecule has 1 saturated carbocycles. The van der Waals surface area contributed by atoms with Crippen molar-refractivity contribution in [3.8, 4) is 0 Å². The van der Waals surface area contributed by atoms with Crippen molar-refractivity contribution in [1.82, 2.24) is 10.6 Å². The molecule has 1 aliphatic rings. The fourth-order valence-electron chi connectivity index (χ4n) is 2.23. The van der Waals surface area contributed by atoms with Crippen LogP contribution in [-0.4, -0.2) is 35.1 Å². The number of hydrogen-bond acceptors (Lipinski definition) is 3. The zero-order valence-corrected chi connectivity index (χ0v) is 13.7. The third-order valence-corrected chi connectivity index (χ3v) is 3.74. The van der Waals surface area contributed by atoms with E-state index in [4.69, 9.17) is 0 Å². The minimum Gasteiger partial charge on any atom is -0.480 e. The van der Waals surface area contributed by atoms with Gasteiger partial charge in [0, 0.05) is 17.3 Å². The first kappa shape index (κ1) is 17.8. The summed E-state index contributed by atoms with van der Waals surface area (Å²) < 4.78 is 0. The fourth-order valence-corrected chi connectivity index (χ4v) is 2.23. The number of carboxylic acids is 1. The van der Waals surface area contributed by atoms with Crippen molar-refractivity contribution in [2.75, 3.05) is 5.32 Å². The quantitative estimate of drug-likeness (QED) is 0.585. The number of carbonyl (C=O) groups excluding carboxylic acids is 2. The largest absolute Gasteiger partial charge is 0.480 e. The van der Waals surface area contributed by atoms with Crippen LogP contribution in [0.4, 0.5) is 10.5 Å². The van der Waals surface area contributed by atoms with Gasteiger partial charge in [-0.1, -0.05) is 25.8 Å². The highest BCUT2D eigenvalue weighted by atomic mass is 16.4. The number of anilines is 1. The van der Waals surface area contributed by atoms with Gasteiger partial charge in [-0.3, -0.25) is 4.79 Å². The Balaban J connectivity index is 1.96. The Bertz CT molecular complexity index is 614. The number of carbonyl (C=O) groups is 3. The Morgan fingerprint density at radius 3 is 2.67 bits per heavy atom. The van der Waals surface area contributed by atoms with Crippen LogP contribution in [0.15, 0.2) is 24.3 Å². The number of amides is 3. The molecule has 4 N–H and O–H groups in total. The van der Waals surface area contributed by atoms with E-state index in [2.05, 4.69) is 16.0 Å². The molecule has 1 atom stereocenters. The van der Waals surface area contributed by atoms with Crippen molar-refractivity contribution in [3.63, 3.8) is 0 Å². The van der Waals surface area contributed by atoms with Gasteiger partial charge in [0.15, 0.2) is 0 Å². The molecule has 7 nitrogen and oxygen atoms in total. The summed E-state index contributed by atoms with van der Waals surface area (Å²) in [5, 5.41) is 17.2. The second-order valence-corrected chi connectivity index (χ2v) is 5.96. The highest BCUT2D eigenvalue weighted by molar-refractivity contribution is 5.98. The standard InChI is InChI=1S/C17H23N3O4/c1-2-3-7-14(16(22)23)20-15(21)11-5-4-6-13(10-11)19-17(24)18-12-8-9-12/h4-6,10,12,14H,2-3,7-9H2,1H3,(H,20,21)(H,22,23)(H2,18,19,24). The minimum absolute atomic E-state index is 0.242. The van der Waals surface area contributed by atoms with Gasteiger partial charge >= 0.3 is 12.0 Å². The monoisotopic (exact) mass is 333 g/mol. The van der Waals surface area contributed by atoms with Crippen molar-refractivity contribution in [2.45, 2.75) is 51.1 Å². The summed E-state index contributed by atoms with van der Waals surface area (Å²) >= 11 is 0. The summed E-state index contributed by atoms with van der Waals surface area (Å²) in [6.45, 7) is 1.96. The molecule has 1 aromatic rings. The number of unbranched alkanes of at least 4 members (excludes halogenated alkanes) is 1. The highest BCUT2D eigenvalue weighted by Crippen LogP contribution is 2.19. The molecule has 7 heteroatoms. The maximum atomic E-state index is 12.2. The SMILES string of the molecule is CCCCC(NC(=O)c1cccc(NC(=O)NC2CC2)c1)C(=O)O. The molecule has 0 heterocycles. The van der Waals surface area contributed by atoms with Gasteiger partial charge in [-0.05, 0) is 37.5 Å². The van der Waals surface area contributed by atoms with Crippen LogP contribution in [0.3, 0.4) is 0 Å². The zero-order chi connectivity index (χ0) is 17.5. The van der Waals surface area contributed by atoms with Crippen LogP contribution in [0.1, 0.15) is 49.4 Å². The summed E-state index contributed by atoms with van der Waals surface area (Å²) in [6.07, 6.45) is 3.95. The third-order valence-electron chi connectivity index (χ3n) is 3.74. The molecule has 1 fully saturated rings. The molecule has 1 unspecified atom stereocenters. The molecule has 0 aromatic heterocycles. The van der Waals surface area contributed by atoms with Crippen LogP contribution in [0.5, 0.6) is 0 Å². The molecule has 0 bridgehead atoms. The first-order valence-corrected chi connectivity index (χ1v) is 8.21. The predicted octanol–water partition coefficient (Wildman–Crippen LogP) is 2.34. The number of hydrogen-bond donors (Lipinski definition) is 4. The molecule has 0 aliphatic heterocycles. The molecular formula is C17H23N3O4. The van der Waals surface area contributed by atoms with Gasteiger partial charge in [-0.15, -0.1) is 0 Å². The van der Waals surface area contributed by atoms with E-state index in [1.54, 1.807) is 18.2 Å². The second kappa shape index (κ2) is 8.33. The number of nitrogens with one attached hydrogen (secondary N) is 3. The van der Waals surface area contributed by atoms with Crippen molar-refractivity contribution in [1.29, 1.82) is 0 Å². The summed E-state index contributed by atoms with van der Waals surface area (Å²) in [7, 11) is 0. The average molecular weight is 333 g/mol. The van der Waals surface area contributed by atoms with Gasteiger partial charge in [-0.2, -0.15) is 0 Å². The van der Waals surface area contributed by atoms with Crippen LogP contribution in [0, 0.1) is 0 Å². The van der Waals surface area contributed by atoms with E-state index in [-0.39, 0.29) is 12.1 Å². The van der Waals surface area contributed by atoms with Crippen LogP contribution in [-0.2, 0) is 4.79 Å². The number of benzene rings is 1. The molecule has 0 radical (unpaired) electrons. The molecule has 1 aromatic carbocycles. The van der Waals surface area contributed by atoms with Crippen molar-refractivity contribution >= 4 is 23.6 Å². The lowest BCUT2D eigenvalue weighted by atomic mass is 10.1. The smallest absolute Gasteiger partial charge is 0.326 e. The van der Waals surface area contributed by atoms with E-state index in [9.17, 15) is 19.5 Å². The zero-order valence-electron chi connectivity index (χ0n) is 13.7. The van der Waals surface area contributed by atoms with E-state index < -0.39 is 17.9 Å². The van der Waals surface area contributed by atoms with Gasteiger partial charge in [-0.25, -0.2) is 9.59 Å². The molecule has 1 aliphatic carbocycles. The van der Waals surface area contributed by atoms with E-state index in [0.29, 0.717) is 17.7 Å². The van der Waals surface area contributed by atoms with Crippen LogP contribution in [0.25, 0.3) is 0 Å². The average Bonchev–Trinajstić information content (AvgIpc) is 3.34. The van der Waals surface area contributed by atoms with Crippen LogP contribution < -0.4 is 16.0 Å². The van der Waals surface area contributed by atoms with Crippen molar-refractivity contribution in [3.05, 3.63) is 29.8 Å². The summed E-state index contributed by atoms with van der Waals surface area (Å²) in [5.41, 5.74) is 0.795. The lowest BCUT2D eigenvalue weighted by molar-refractivity contribution is -0.139. The Kier molecular flexibility index (Phi) is 6.17. The lowest BCUT2D eigenvalue weighted by Crippen LogP contribution is -2.40. The maximum absolute atomic E-state index is 12.2. The summed E-state index contributed by atoms with van der Waals surface area (Å²) in [5.74, 6) is -1.51. The van der Waals surface area contributed by atoms with Gasteiger partial charge in [0.1, 0.15) is 6.04 Å². The van der Waals surface area contributed by atoms with Crippen molar-refractivity contribution < 1.29 is 19.5 Å². The number of rotatable bonds is 8. The number of urea groups is 1. The molecule has 0 saturated heterocycles. The molecule has 3 amide bonds. The Hall–Kier alpha value is -2.57. The molecule has 2 rings (SSSR count). The maximum Gasteiger partial charge on any atom is 0.326 e.